The Kier molecular flexibility index (Phi) is 4.07. The van der Waals surface area contributed by atoms with Crippen LogP contribution in [0.25, 0.3) is 21.8 Å². The number of H-pyrrole nitrogens is 2. The summed E-state index contributed by atoms with van der Waals surface area (Å²) in [6.07, 6.45) is 7.74. The van der Waals surface area contributed by atoms with Gasteiger partial charge in [0.2, 0.25) is 0 Å². The van der Waals surface area contributed by atoms with Crippen molar-refractivity contribution in [1.29, 1.82) is 0 Å². The summed E-state index contributed by atoms with van der Waals surface area (Å²) in [5.41, 5.74) is 6.19. The fourth-order valence-electron chi connectivity index (χ4n) is 3.31. The first-order valence-electron chi connectivity index (χ1n) is 9.17. The van der Waals surface area contributed by atoms with E-state index in [4.69, 9.17) is 0 Å². The SMILES string of the molecule is C(=Nc1ccc(N=Cc2c[nH]c3ccccc23)cc1)c1c[nH]c2ccccc12. The Morgan fingerprint density at radius 2 is 0.964 bits per heavy atom. The van der Waals surface area contributed by atoms with Gasteiger partial charge >= 0.3 is 0 Å². The molecular formula is C24H18N4. The van der Waals surface area contributed by atoms with Crippen LogP contribution in [0.3, 0.4) is 0 Å². The van der Waals surface area contributed by atoms with Gasteiger partial charge in [0.1, 0.15) is 0 Å². The molecule has 0 aliphatic carbocycles. The van der Waals surface area contributed by atoms with Crippen molar-refractivity contribution < 1.29 is 0 Å². The molecule has 0 bridgehead atoms. The van der Waals surface area contributed by atoms with Crippen LogP contribution in [0.5, 0.6) is 0 Å². The van der Waals surface area contributed by atoms with Crippen molar-refractivity contribution in [3.8, 4) is 0 Å². The van der Waals surface area contributed by atoms with E-state index in [0.717, 1.165) is 33.5 Å². The minimum atomic E-state index is 0.899. The van der Waals surface area contributed by atoms with Crippen LogP contribution in [0, 0.1) is 0 Å². The molecule has 3 aromatic carbocycles. The fraction of sp³-hybridized carbons (Fsp3) is 0. The van der Waals surface area contributed by atoms with Gasteiger partial charge in [-0.1, -0.05) is 36.4 Å². The molecule has 0 aliphatic rings. The predicted molar refractivity (Wildman–Crippen MR) is 118 cm³/mol. The Hall–Kier alpha value is -3.92. The molecular weight excluding hydrogens is 344 g/mol. The Morgan fingerprint density at radius 3 is 1.43 bits per heavy atom. The molecule has 0 unspecified atom stereocenters. The molecule has 0 atom stereocenters. The molecule has 0 fully saturated rings. The van der Waals surface area contributed by atoms with Crippen LogP contribution < -0.4 is 0 Å². The van der Waals surface area contributed by atoms with E-state index in [2.05, 4.69) is 44.2 Å². The van der Waals surface area contributed by atoms with Crippen molar-refractivity contribution in [3.63, 3.8) is 0 Å². The largest absolute Gasteiger partial charge is 0.361 e. The van der Waals surface area contributed by atoms with Crippen LogP contribution in [0.1, 0.15) is 11.1 Å². The Morgan fingerprint density at radius 1 is 0.536 bits per heavy atom. The second-order valence-electron chi connectivity index (χ2n) is 6.61. The lowest BCUT2D eigenvalue weighted by Crippen LogP contribution is -1.78. The maximum Gasteiger partial charge on any atom is 0.0631 e. The van der Waals surface area contributed by atoms with Crippen molar-refractivity contribution in [2.24, 2.45) is 9.98 Å². The lowest BCUT2D eigenvalue weighted by atomic mass is 10.2. The Balaban J connectivity index is 1.34. The first kappa shape index (κ1) is 16.3. The monoisotopic (exact) mass is 362 g/mol. The van der Waals surface area contributed by atoms with Gasteiger partial charge in [-0.05, 0) is 36.4 Å². The van der Waals surface area contributed by atoms with Gasteiger partial charge in [-0.25, -0.2) is 0 Å². The van der Waals surface area contributed by atoms with Gasteiger partial charge in [-0.15, -0.1) is 0 Å². The maximum absolute atomic E-state index is 4.59. The molecule has 2 N–H and O–H groups in total. The van der Waals surface area contributed by atoms with E-state index in [1.165, 1.54) is 10.8 Å². The van der Waals surface area contributed by atoms with Gasteiger partial charge in [-0.2, -0.15) is 0 Å². The summed E-state index contributed by atoms with van der Waals surface area (Å²) in [7, 11) is 0. The molecule has 0 saturated carbocycles. The van der Waals surface area contributed by atoms with Gasteiger partial charge in [0.25, 0.3) is 0 Å². The van der Waals surface area contributed by atoms with Gasteiger partial charge in [0.15, 0.2) is 0 Å². The van der Waals surface area contributed by atoms with E-state index in [-0.39, 0.29) is 0 Å². The summed E-state index contributed by atoms with van der Waals surface area (Å²) < 4.78 is 0. The quantitative estimate of drug-likeness (QED) is 0.360. The van der Waals surface area contributed by atoms with Crippen LogP contribution in [0.2, 0.25) is 0 Å². The molecule has 5 rings (SSSR count). The van der Waals surface area contributed by atoms with Gasteiger partial charge in [0.05, 0.1) is 11.4 Å². The molecule has 28 heavy (non-hydrogen) atoms. The summed E-state index contributed by atoms with van der Waals surface area (Å²) in [6, 6.07) is 24.3. The smallest absolute Gasteiger partial charge is 0.0631 e. The first-order chi connectivity index (χ1) is 13.9. The van der Waals surface area contributed by atoms with Gasteiger partial charge in [-0.3, -0.25) is 9.98 Å². The third-order valence-corrected chi connectivity index (χ3v) is 4.80. The van der Waals surface area contributed by atoms with Crippen LogP contribution in [-0.2, 0) is 0 Å². The zero-order valence-electron chi connectivity index (χ0n) is 15.1. The number of benzene rings is 3. The van der Waals surface area contributed by atoms with E-state index in [1.807, 2.05) is 73.4 Å². The van der Waals surface area contributed by atoms with Crippen molar-refractivity contribution in [3.05, 3.63) is 96.3 Å². The molecule has 0 saturated heterocycles. The standard InChI is InChI=1S/C24H18N4/c1-3-7-23-21(5-1)17(15-27-23)13-25-19-9-11-20(12-10-19)26-14-18-16-28-24-8-4-2-6-22(18)24/h1-16,27-28H. The summed E-state index contributed by atoms with van der Waals surface area (Å²) in [5, 5.41) is 2.34. The van der Waals surface area contributed by atoms with E-state index >= 15 is 0 Å². The second-order valence-corrected chi connectivity index (χ2v) is 6.61. The summed E-state index contributed by atoms with van der Waals surface area (Å²) in [5.74, 6) is 0. The van der Waals surface area contributed by atoms with Crippen LogP contribution in [-0.4, -0.2) is 22.4 Å². The lowest BCUT2D eigenvalue weighted by Gasteiger charge is -1.96. The zero-order valence-corrected chi connectivity index (χ0v) is 15.1. The lowest BCUT2D eigenvalue weighted by molar-refractivity contribution is 1.46. The van der Waals surface area contributed by atoms with Crippen molar-refractivity contribution in [2.45, 2.75) is 0 Å². The number of rotatable bonds is 4. The highest BCUT2D eigenvalue weighted by Crippen LogP contribution is 2.21. The predicted octanol–water partition coefficient (Wildman–Crippen LogP) is 6.15. The number of nitrogens with zero attached hydrogens (tertiary/aromatic N) is 2. The van der Waals surface area contributed by atoms with Crippen molar-refractivity contribution >= 4 is 45.6 Å². The highest BCUT2D eigenvalue weighted by atomic mass is 14.8. The number of fused-ring (bicyclic) bond motifs is 2. The van der Waals surface area contributed by atoms with Crippen molar-refractivity contribution in [1.82, 2.24) is 9.97 Å². The molecule has 4 nitrogen and oxygen atoms in total. The number of para-hydroxylation sites is 2. The molecule has 5 aromatic rings. The van der Waals surface area contributed by atoms with Crippen molar-refractivity contribution in [2.75, 3.05) is 0 Å². The fourth-order valence-corrected chi connectivity index (χ4v) is 3.31. The maximum atomic E-state index is 4.59. The minimum Gasteiger partial charge on any atom is -0.361 e. The number of aromatic nitrogens is 2. The van der Waals surface area contributed by atoms with Gasteiger partial charge < -0.3 is 9.97 Å². The number of nitrogens with one attached hydrogen (secondary N) is 2. The van der Waals surface area contributed by atoms with Crippen LogP contribution in [0.15, 0.2) is 95.2 Å². The third-order valence-electron chi connectivity index (χ3n) is 4.80. The van der Waals surface area contributed by atoms with E-state index < -0.39 is 0 Å². The molecule has 0 amide bonds. The van der Waals surface area contributed by atoms with Crippen LogP contribution >= 0.6 is 0 Å². The molecule has 2 aromatic heterocycles. The minimum absolute atomic E-state index is 0.899. The Labute approximate surface area is 162 Å². The average Bonchev–Trinajstić information content (AvgIpc) is 3.36. The number of hydrogen-bond acceptors (Lipinski definition) is 2. The van der Waals surface area contributed by atoms with Gasteiger partial charge in [0, 0.05) is 57.8 Å². The van der Waals surface area contributed by atoms with E-state index in [9.17, 15) is 0 Å². The molecule has 0 spiro atoms. The molecule has 2 heterocycles. The highest BCUT2D eigenvalue weighted by molar-refractivity contribution is 6.00. The average molecular weight is 362 g/mol. The number of hydrogen-bond donors (Lipinski definition) is 2. The Bertz CT molecular complexity index is 1200. The normalized spacial score (nSPS) is 12.0. The molecule has 0 aliphatic heterocycles. The first-order valence-corrected chi connectivity index (χ1v) is 9.17. The summed E-state index contributed by atoms with van der Waals surface area (Å²) in [6.45, 7) is 0. The van der Waals surface area contributed by atoms with Crippen LogP contribution in [0.4, 0.5) is 11.4 Å². The molecule has 0 radical (unpaired) electrons. The highest BCUT2D eigenvalue weighted by Gasteiger charge is 2.01. The summed E-state index contributed by atoms with van der Waals surface area (Å²) in [4.78, 5) is 15.7. The van der Waals surface area contributed by atoms with E-state index in [1.54, 1.807) is 0 Å². The molecule has 4 heteroatoms. The zero-order chi connectivity index (χ0) is 18.8. The topological polar surface area (TPSA) is 56.3 Å². The second kappa shape index (κ2) is 7.00. The number of aliphatic imine (C=N–C) groups is 2. The van der Waals surface area contributed by atoms with E-state index in [0.29, 0.717) is 0 Å². The molecule has 134 valence electrons. The number of aromatic amines is 2. The third kappa shape index (κ3) is 3.12. The summed E-state index contributed by atoms with van der Waals surface area (Å²) >= 11 is 0.